The first-order valence-corrected chi connectivity index (χ1v) is 10.3. The molecule has 176 valence electrons. The molecular weight excluding hydrogens is 430 g/mol. The Balaban J connectivity index is 2.09. The van der Waals surface area contributed by atoms with Gasteiger partial charge >= 0.3 is 12.1 Å². The van der Waals surface area contributed by atoms with E-state index in [0.717, 1.165) is 12.7 Å². The highest BCUT2D eigenvalue weighted by molar-refractivity contribution is 5.90. The standard InChI is InChI=1S/C23H27N3O7/c1-15(2)20(25-23(29)33-14-16-9-5-4-6-10-16)21(27)24-18(22(28)32-3)13-17-11-7-8-12-19(17)26(30)31/h4-12,15,18,20H,13-14H2,1-3H3,(H,24,27)(H,25,29)/t18-,20+/m1/s1. The molecule has 0 aliphatic rings. The summed E-state index contributed by atoms with van der Waals surface area (Å²) in [4.78, 5) is 48.2. The van der Waals surface area contributed by atoms with Crippen molar-refractivity contribution in [1.29, 1.82) is 0 Å². The third-order valence-electron chi connectivity index (χ3n) is 4.85. The van der Waals surface area contributed by atoms with Gasteiger partial charge in [0, 0.05) is 18.1 Å². The lowest BCUT2D eigenvalue weighted by molar-refractivity contribution is -0.385. The Kier molecular flexibility index (Phi) is 9.34. The predicted octanol–water partition coefficient (Wildman–Crippen LogP) is 2.75. The molecule has 2 rings (SSSR count). The van der Waals surface area contributed by atoms with Crippen LogP contribution in [0.5, 0.6) is 0 Å². The molecular formula is C23H27N3O7. The van der Waals surface area contributed by atoms with E-state index < -0.39 is 35.0 Å². The largest absolute Gasteiger partial charge is 0.467 e. The zero-order chi connectivity index (χ0) is 24.4. The Hall–Kier alpha value is -3.95. The second-order valence-corrected chi connectivity index (χ2v) is 7.60. The summed E-state index contributed by atoms with van der Waals surface area (Å²) in [5, 5.41) is 16.3. The molecule has 10 nitrogen and oxygen atoms in total. The van der Waals surface area contributed by atoms with Crippen molar-refractivity contribution in [2.24, 2.45) is 5.92 Å². The monoisotopic (exact) mass is 457 g/mol. The van der Waals surface area contributed by atoms with E-state index in [1.165, 1.54) is 18.2 Å². The first-order valence-electron chi connectivity index (χ1n) is 10.3. The first-order chi connectivity index (χ1) is 15.7. The van der Waals surface area contributed by atoms with Crippen LogP contribution in [0.15, 0.2) is 54.6 Å². The van der Waals surface area contributed by atoms with Crippen LogP contribution in [0, 0.1) is 16.0 Å². The van der Waals surface area contributed by atoms with Gasteiger partial charge in [0.1, 0.15) is 18.7 Å². The van der Waals surface area contributed by atoms with E-state index in [-0.39, 0.29) is 30.2 Å². The summed E-state index contributed by atoms with van der Waals surface area (Å²) in [5.74, 6) is -1.75. The minimum atomic E-state index is -1.19. The molecule has 2 aromatic carbocycles. The number of carbonyl (C=O) groups is 3. The second kappa shape index (κ2) is 12.2. The Morgan fingerprint density at radius 1 is 1.00 bits per heavy atom. The minimum Gasteiger partial charge on any atom is -0.467 e. The van der Waals surface area contributed by atoms with Gasteiger partial charge in [-0.15, -0.1) is 0 Å². The normalized spacial score (nSPS) is 12.4. The fraction of sp³-hybridized carbons (Fsp3) is 0.348. The molecule has 0 aliphatic carbocycles. The number of methoxy groups -OCH3 is 1. The van der Waals surface area contributed by atoms with Crippen molar-refractivity contribution in [3.8, 4) is 0 Å². The number of nitrogens with one attached hydrogen (secondary N) is 2. The third kappa shape index (κ3) is 7.60. The Morgan fingerprint density at radius 2 is 1.64 bits per heavy atom. The average molecular weight is 457 g/mol. The molecule has 0 saturated heterocycles. The van der Waals surface area contributed by atoms with E-state index in [1.807, 2.05) is 18.2 Å². The topological polar surface area (TPSA) is 137 Å². The maximum atomic E-state index is 12.9. The Bertz CT molecular complexity index is 979. The molecule has 0 fully saturated rings. The number of rotatable bonds is 10. The summed E-state index contributed by atoms with van der Waals surface area (Å²) in [5.41, 5.74) is 0.867. The van der Waals surface area contributed by atoms with Crippen molar-refractivity contribution < 1.29 is 28.8 Å². The number of ether oxygens (including phenoxy) is 2. The SMILES string of the molecule is COC(=O)[C@@H](Cc1ccccc1[N+](=O)[O-])NC(=O)[C@@H](NC(=O)OCc1ccccc1)C(C)C. The van der Waals surface area contributed by atoms with E-state index in [2.05, 4.69) is 10.6 Å². The molecule has 2 N–H and O–H groups in total. The van der Waals surface area contributed by atoms with Gasteiger partial charge in [0.05, 0.1) is 12.0 Å². The summed E-state index contributed by atoms with van der Waals surface area (Å²) in [6.07, 6.45) is -0.945. The van der Waals surface area contributed by atoms with Gasteiger partial charge < -0.3 is 20.1 Å². The van der Waals surface area contributed by atoms with Gasteiger partial charge in [-0.05, 0) is 11.5 Å². The van der Waals surface area contributed by atoms with E-state index in [9.17, 15) is 24.5 Å². The molecule has 0 radical (unpaired) electrons. The lowest BCUT2D eigenvalue weighted by atomic mass is 10.0. The van der Waals surface area contributed by atoms with E-state index in [0.29, 0.717) is 0 Å². The lowest BCUT2D eigenvalue weighted by Crippen LogP contribution is -2.54. The average Bonchev–Trinajstić information content (AvgIpc) is 2.80. The van der Waals surface area contributed by atoms with E-state index in [1.54, 1.807) is 32.0 Å². The maximum Gasteiger partial charge on any atom is 0.408 e. The number of esters is 1. The number of amides is 2. The van der Waals surface area contributed by atoms with Crippen LogP contribution in [0.25, 0.3) is 0 Å². The number of nitro benzene ring substituents is 1. The summed E-state index contributed by atoms with van der Waals surface area (Å²) in [6, 6.07) is 12.8. The molecule has 2 amide bonds. The number of hydrogen-bond acceptors (Lipinski definition) is 7. The molecule has 33 heavy (non-hydrogen) atoms. The maximum absolute atomic E-state index is 12.9. The number of para-hydroxylation sites is 1. The van der Waals surface area contributed by atoms with Gasteiger partial charge in [-0.2, -0.15) is 0 Å². The molecule has 0 aromatic heterocycles. The zero-order valence-electron chi connectivity index (χ0n) is 18.6. The number of nitrogens with zero attached hydrogens (tertiary/aromatic N) is 1. The fourth-order valence-corrected chi connectivity index (χ4v) is 3.11. The van der Waals surface area contributed by atoms with Gasteiger partial charge in [-0.3, -0.25) is 14.9 Å². The number of carbonyl (C=O) groups excluding carboxylic acids is 3. The van der Waals surface area contributed by atoms with Crippen molar-refractivity contribution in [2.45, 2.75) is 39.0 Å². The zero-order valence-corrected chi connectivity index (χ0v) is 18.6. The predicted molar refractivity (Wildman–Crippen MR) is 119 cm³/mol. The molecule has 2 aromatic rings. The van der Waals surface area contributed by atoms with Crippen molar-refractivity contribution in [3.05, 3.63) is 75.8 Å². The summed E-state index contributed by atoms with van der Waals surface area (Å²) in [6.45, 7) is 3.47. The summed E-state index contributed by atoms with van der Waals surface area (Å²) in [7, 11) is 1.15. The van der Waals surface area contributed by atoms with Crippen LogP contribution in [0.4, 0.5) is 10.5 Å². The Morgan fingerprint density at radius 3 is 2.24 bits per heavy atom. The van der Waals surface area contributed by atoms with Crippen molar-refractivity contribution in [1.82, 2.24) is 10.6 Å². The number of alkyl carbamates (subject to hydrolysis) is 1. The van der Waals surface area contributed by atoms with E-state index in [4.69, 9.17) is 9.47 Å². The summed E-state index contributed by atoms with van der Waals surface area (Å²) >= 11 is 0. The molecule has 0 heterocycles. The first kappa shape index (κ1) is 25.3. The quantitative estimate of drug-likeness (QED) is 0.318. The van der Waals surface area contributed by atoms with Crippen LogP contribution >= 0.6 is 0 Å². The highest BCUT2D eigenvalue weighted by Crippen LogP contribution is 2.20. The van der Waals surface area contributed by atoms with Crippen LogP contribution in [0.1, 0.15) is 25.0 Å². The molecule has 2 atom stereocenters. The number of nitro groups is 1. The lowest BCUT2D eigenvalue weighted by Gasteiger charge is -2.24. The molecule has 10 heteroatoms. The number of hydrogen-bond donors (Lipinski definition) is 2. The molecule has 0 spiro atoms. The minimum absolute atomic E-state index is 0.0293. The van der Waals surface area contributed by atoms with Crippen LogP contribution in [-0.4, -0.2) is 42.1 Å². The van der Waals surface area contributed by atoms with Gasteiger partial charge in [0.15, 0.2) is 0 Å². The van der Waals surface area contributed by atoms with Crippen molar-refractivity contribution in [2.75, 3.05) is 7.11 Å². The van der Waals surface area contributed by atoms with Crippen LogP contribution in [0.3, 0.4) is 0 Å². The van der Waals surface area contributed by atoms with Gasteiger partial charge in [0.25, 0.3) is 5.69 Å². The molecule has 0 bridgehead atoms. The van der Waals surface area contributed by atoms with Crippen LogP contribution in [-0.2, 0) is 32.1 Å². The fourth-order valence-electron chi connectivity index (χ4n) is 3.11. The summed E-state index contributed by atoms with van der Waals surface area (Å²) < 4.78 is 9.93. The second-order valence-electron chi connectivity index (χ2n) is 7.60. The van der Waals surface area contributed by atoms with Crippen molar-refractivity contribution >= 4 is 23.7 Å². The number of benzene rings is 2. The molecule has 0 unspecified atom stereocenters. The van der Waals surface area contributed by atoms with Crippen molar-refractivity contribution in [3.63, 3.8) is 0 Å². The molecule has 0 saturated carbocycles. The van der Waals surface area contributed by atoms with Crippen LogP contribution in [0.2, 0.25) is 0 Å². The van der Waals surface area contributed by atoms with Gasteiger partial charge in [-0.1, -0.05) is 62.4 Å². The smallest absolute Gasteiger partial charge is 0.408 e. The highest BCUT2D eigenvalue weighted by atomic mass is 16.6. The third-order valence-corrected chi connectivity index (χ3v) is 4.85. The molecule has 0 aliphatic heterocycles. The highest BCUT2D eigenvalue weighted by Gasteiger charge is 2.31. The van der Waals surface area contributed by atoms with Gasteiger partial charge in [0.2, 0.25) is 5.91 Å². The van der Waals surface area contributed by atoms with Gasteiger partial charge in [-0.25, -0.2) is 9.59 Å². The Labute approximate surface area is 191 Å². The van der Waals surface area contributed by atoms with E-state index >= 15 is 0 Å². The van der Waals surface area contributed by atoms with Crippen LogP contribution < -0.4 is 10.6 Å².